The number of carboxylic acids is 1. The number of benzene rings is 2. The Morgan fingerprint density at radius 3 is 2.00 bits per heavy atom. The Morgan fingerprint density at radius 1 is 0.963 bits per heavy atom. The van der Waals surface area contributed by atoms with Gasteiger partial charge in [0.1, 0.15) is 23.0 Å². The van der Waals surface area contributed by atoms with Gasteiger partial charge in [-0.3, -0.25) is 9.98 Å². The van der Waals surface area contributed by atoms with Crippen molar-refractivity contribution in [1.29, 1.82) is 0 Å². The normalized spacial score (nSPS) is 11.1. The van der Waals surface area contributed by atoms with E-state index in [9.17, 15) is 15.0 Å². The largest absolute Gasteiger partial charge is 0.507 e. The highest BCUT2D eigenvalue weighted by Crippen LogP contribution is 2.22. The zero-order valence-electron chi connectivity index (χ0n) is 14.7. The molecule has 0 unspecified atom stereocenters. The van der Waals surface area contributed by atoms with Gasteiger partial charge in [-0.05, 0) is 36.4 Å². The molecule has 2 aromatic carbocycles. The molecule has 0 aliphatic carbocycles. The summed E-state index contributed by atoms with van der Waals surface area (Å²) in [6, 6.07) is 9.23. The number of hydrogen-bond acceptors (Lipinski definition) is 7. The molecular formula is C19H20N2O6. The molecule has 3 N–H and O–H groups in total. The summed E-state index contributed by atoms with van der Waals surface area (Å²) >= 11 is 0. The van der Waals surface area contributed by atoms with Crippen LogP contribution in [0.2, 0.25) is 0 Å². The minimum Gasteiger partial charge on any atom is -0.507 e. The summed E-state index contributed by atoms with van der Waals surface area (Å²) in [6.07, 6.45) is 2.99. The van der Waals surface area contributed by atoms with E-state index in [1.54, 1.807) is 19.2 Å². The average Bonchev–Trinajstić information content (AvgIpc) is 2.66. The molecule has 0 amide bonds. The maximum atomic E-state index is 10.5. The quantitative estimate of drug-likeness (QED) is 0.458. The maximum Gasteiger partial charge on any atom is 0.341 e. The number of nitrogens with zero attached hydrogens (tertiary/aromatic N) is 2. The number of rotatable bonds is 9. The minimum absolute atomic E-state index is 0.00577. The Morgan fingerprint density at radius 2 is 1.48 bits per heavy atom. The first kappa shape index (κ1) is 19.8. The molecule has 142 valence electrons. The van der Waals surface area contributed by atoms with Crippen molar-refractivity contribution in [3.05, 3.63) is 47.5 Å². The number of phenolic OH excluding ortho intramolecular Hbond substituents is 2. The number of aliphatic carboxylic acids is 1. The second-order valence-corrected chi connectivity index (χ2v) is 5.40. The van der Waals surface area contributed by atoms with Crippen LogP contribution >= 0.6 is 0 Å². The summed E-state index contributed by atoms with van der Waals surface area (Å²) in [6.45, 7) is 0.275. The van der Waals surface area contributed by atoms with Gasteiger partial charge < -0.3 is 24.8 Å². The second-order valence-electron chi connectivity index (χ2n) is 5.40. The van der Waals surface area contributed by atoms with Gasteiger partial charge in [0, 0.05) is 23.6 Å². The third-order valence-corrected chi connectivity index (χ3v) is 3.41. The van der Waals surface area contributed by atoms with Crippen LogP contribution in [0.4, 0.5) is 0 Å². The molecule has 8 nitrogen and oxygen atoms in total. The van der Waals surface area contributed by atoms with Gasteiger partial charge in [0.2, 0.25) is 0 Å². The molecule has 0 saturated heterocycles. The molecule has 0 heterocycles. The minimum atomic E-state index is -1.08. The standard InChI is InChI=1S/C19H20N2O6/c1-26-15-2-4-17(22)13(8-15)10-20-6-7-21-11-14-9-16(3-5-18(14)23)27-12-19(24)25/h2-5,8-11,22-23H,6-7,12H2,1H3,(H,24,25). The molecule has 0 fully saturated rings. The van der Waals surface area contributed by atoms with Crippen molar-refractivity contribution in [2.75, 3.05) is 26.8 Å². The van der Waals surface area contributed by atoms with Crippen molar-refractivity contribution >= 4 is 18.4 Å². The van der Waals surface area contributed by atoms with E-state index in [0.717, 1.165) is 0 Å². The van der Waals surface area contributed by atoms with E-state index in [0.29, 0.717) is 35.7 Å². The lowest BCUT2D eigenvalue weighted by molar-refractivity contribution is -0.139. The van der Waals surface area contributed by atoms with Crippen LogP contribution in [-0.4, -0.2) is 60.5 Å². The smallest absolute Gasteiger partial charge is 0.341 e. The first-order valence-corrected chi connectivity index (χ1v) is 8.04. The lowest BCUT2D eigenvalue weighted by Gasteiger charge is -2.05. The SMILES string of the molecule is COc1ccc(O)c(C=NCCN=Cc2cc(OCC(=O)O)ccc2O)c1. The van der Waals surface area contributed by atoms with Crippen LogP contribution in [0, 0.1) is 0 Å². The van der Waals surface area contributed by atoms with Gasteiger partial charge in [0.25, 0.3) is 0 Å². The molecule has 0 aliphatic heterocycles. The zero-order chi connectivity index (χ0) is 19.6. The van der Waals surface area contributed by atoms with Crippen molar-refractivity contribution in [2.45, 2.75) is 0 Å². The Kier molecular flexibility index (Phi) is 7.18. The molecule has 0 saturated carbocycles. The average molecular weight is 372 g/mol. The van der Waals surface area contributed by atoms with Gasteiger partial charge in [0.15, 0.2) is 6.61 Å². The van der Waals surface area contributed by atoms with Crippen LogP contribution in [0.15, 0.2) is 46.4 Å². The number of carboxylic acid groups (broad SMARTS) is 1. The Balaban J connectivity index is 1.90. The molecule has 0 aliphatic rings. The molecule has 27 heavy (non-hydrogen) atoms. The van der Waals surface area contributed by atoms with Crippen molar-refractivity contribution in [2.24, 2.45) is 9.98 Å². The topological polar surface area (TPSA) is 121 Å². The fourth-order valence-electron chi connectivity index (χ4n) is 2.08. The molecule has 0 atom stereocenters. The molecule has 8 heteroatoms. The third kappa shape index (κ3) is 6.35. The monoisotopic (exact) mass is 372 g/mol. The number of carbonyl (C=O) groups is 1. The van der Waals surface area contributed by atoms with E-state index in [2.05, 4.69) is 9.98 Å². The van der Waals surface area contributed by atoms with Gasteiger partial charge in [-0.1, -0.05) is 0 Å². The molecule has 0 bridgehead atoms. The fourth-order valence-corrected chi connectivity index (χ4v) is 2.08. The summed E-state index contributed by atoms with van der Waals surface area (Å²) in [4.78, 5) is 18.9. The van der Waals surface area contributed by atoms with E-state index in [1.165, 1.54) is 36.7 Å². The number of aromatic hydroxyl groups is 2. The van der Waals surface area contributed by atoms with Gasteiger partial charge in [-0.15, -0.1) is 0 Å². The molecule has 0 radical (unpaired) electrons. The molecular weight excluding hydrogens is 352 g/mol. The lowest BCUT2D eigenvalue weighted by atomic mass is 10.2. The predicted octanol–water partition coefficient (Wildman–Crippen LogP) is 2.11. The van der Waals surface area contributed by atoms with E-state index in [1.807, 2.05) is 0 Å². The maximum absolute atomic E-state index is 10.5. The lowest BCUT2D eigenvalue weighted by Crippen LogP contribution is -2.09. The second kappa shape index (κ2) is 9.81. The number of aliphatic imine (C=N–C) groups is 2. The van der Waals surface area contributed by atoms with E-state index in [4.69, 9.17) is 14.6 Å². The Hall–Kier alpha value is -3.55. The summed E-state index contributed by atoms with van der Waals surface area (Å²) in [5.74, 6) is -0.0356. The molecule has 0 aromatic heterocycles. The summed E-state index contributed by atoms with van der Waals surface area (Å²) in [5.41, 5.74) is 0.951. The predicted molar refractivity (Wildman–Crippen MR) is 101 cm³/mol. The highest BCUT2D eigenvalue weighted by molar-refractivity contribution is 5.85. The number of ether oxygens (including phenoxy) is 2. The van der Waals surface area contributed by atoms with Crippen LogP contribution in [0.1, 0.15) is 11.1 Å². The summed E-state index contributed by atoms with van der Waals surface area (Å²) in [5, 5.41) is 28.2. The summed E-state index contributed by atoms with van der Waals surface area (Å²) in [7, 11) is 1.54. The van der Waals surface area contributed by atoms with Crippen molar-refractivity contribution in [3.8, 4) is 23.0 Å². The molecule has 2 aromatic rings. The highest BCUT2D eigenvalue weighted by atomic mass is 16.5. The highest BCUT2D eigenvalue weighted by Gasteiger charge is 2.04. The van der Waals surface area contributed by atoms with Crippen LogP contribution in [-0.2, 0) is 4.79 Å². The Labute approximate surface area is 156 Å². The summed E-state index contributed by atoms with van der Waals surface area (Å²) < 4.78 is 10.1. The van der Waals surface area contributed by atoms with Gasteiger partial charge in [0.05, 0.1) is 20.2 Å². The molecule has 2 rings (SSSR count). The molecule has 0 spiro atoms. The fraction of sp³-hybridized carbons (Fsp3) is 0.211. The van der Waals surface area contributed by atoms with Crippen LogP contribution in [0.3, 0.4) is 0 Å². The number of hydrogen-bond donors (Lipinski definition) is 3. The van der Waals surface area contributed by atoms with E-state index >= 15 is 0 Å². The van der Waals surface area contributed by atoms with Gasteiger partial charge in [-0.2, -0.15) is 0 Å². The van der Waals surface area contributed by atoms with Gasteiger partial charge in [-0.25, -0.2) is 4.79 Å². The van der Waals surface area contributed by atoms with E-state index in [-0.39, 0.29) is 11.5 Å². The van der Waals surface area contributed by atoms with Crippen LogP contribution < -0.4 is 9.47 Å². The number of phenols is 2. The van der Waals surface area contributed by atoms with E-state index < -0.39 is 12.6 Å². The number of methoxy groups -OCH3 is 1. The first-order chi connectivity index (χ1) is 13.0. The van der Waals surface area contributed by atoms with Crippen molar-refractivity contribution < 1.29 is 29.6 Å². The van der Waals surface area contributed by atoms with Crippen LogP contribution in [0.5, 0.6) is 23.0 Å². The van der Waals surface area contributed by atoms with Crippen molar-refractivity contribution in [1.82, 2.24) is 0 Å². The van der Waals surface area contributed by atoms with Crippen molar-refractivity contribution in [3.63, 3.8) is 0 Å². The Bertz CT molecular complexity index is 848. The zero-order valence-corrected chi connectivity index (χ0v) is 14.7. The first-order valence-electron chi connectivity index (χ1n) is 8.04. The van der Waals surface area contributed by atoms with Gasteiger partial charge >= 0.3 is 5.97 Å². The third-order valence-electron chi connectivity index (χ3n) is 3.41. The van der Waals surface area contributed by atoms with Crippen LogP contribution in [0.25, 0.3) is 0 Å².